The molecule has 1 amide bonds. The summed E-state index contributed by atoms with van der Waals surface area (Å²) in [4.78, 5) is 12.7. The topological polar surface area (TPSA) is 41.1 Å². The minimum Gasteiger partial charge on any atom is -0.349 e. The zero-order valence-corrected chi connectivity index (χ0v) is 12.9. The van der Waals surface area contributed by atoms with Crippen LogP contribution in [0, 0.1) is 11.2 Å². The number of nitrogens with one attached hydrogen (secondary N) is 2. The zero-order chi connectivity index (χ0) is 15.3. The quantitative estimate of drug-likeness (QED) is 0.875. The van der Waals surface area contributed by atoms with E-state index in [2.05, 4.69) is 17.6 Å². The van der Waals surface area contributed by atoms with E-state index in [0.717, 1.165) is 44.3 Å². The summed E-state index contributed by atoms with van der Waals surface area (Å²) in [5, 5.41) is 6.40. The monoisotopic (exact) mass is 292 g/mol. The van der Waals surface area contributed by atoms with E-state index in [1.54, 1.807) is 6.07 Å². The van der Waals surface area contributed by atoms with Crippen molar-refractivity contribution in [2.24, 2.45) is 5.41 Å². The third kappa shape index (κ3) is 3.82. The first-order chi connectivity index (χ1) is 10.1. The number of hydrogen-bond donors (Lipinski definition) is 2. The molecule has 2 N–H and O–H groups in total. The van der Waals surface area contributed by atoms with Crippen molar-refractivity contribution < 1.29 is 9.18 Å². The number of halogens is 1. The Bertz CT molecular complexity index is 478. The maximum absolute atomic E-state index is 13.3. The van der Waals surface area contributed by atoms with Crippen molar-refractivity contribution in [1.82, 2.24) is 10.6 Å². The molecule has 0 aliphatic carbocycles. The van der Waals surface area contributed by atoms with Gasteiger partial charge in [0.1, 0.15) is 5.82 Å². The highest BCUT2D eigenvalue weighted by molar-refractivity contribution is 5.83. The summed E-state index contributed by atoms with van der Waals surface area (Å²) in [6, 6.07) is 6.27. The molecule has 21 heavy (non-hydrogen) atoms. The summed E-state index contributed by atoms with van der Waals surface area (Å²) in [7, 11) is 0. The van der Waals surface area contributed by atoms with Gasteiger partial charge in [0.25, 0.3) is 0 Å². The second-order valence-corrected chi connectivity index (χ2v) is 6.03. The standard InChI is InChI=1S/C17H25FN2O/c1-3-7-17(8-10-19-11-9-17)16(21)20-13(2)14-5-4-6-15(18)12-14/h4-6,12-13,19H,3,7-11H2,1-2H3,(H,20,21). The van der Waals surface area contributed by atoms with Crippen LogP contribution in [0.1, 0.15) is 51.1 Å². The van der Waals surface area contributed by atoms with Gasteiger partial charge in [-0.05, 0) is 57.0 Å². The molecule has 0 radical (unpaired) electrons. The highest BCUT2D eigenvalue weighted by Crippen LogP contribution is 2.35. The average molecular weight is 292 g/mol. The van der Waals surface area contributed by atoms with Crippen LogP contribution in [0.5, 0.6) is 0 Å². The van der Waals surface area contributed by atoms with Gasteiger partial charge < -0.3 is 10.6 Å². The van der Waals surface area contributed by atoms with Gasteiger partial charge in [0, 0.05) is 0 Å². The zero-order valence-electron chi connectivity index (χ0n) is 12.9. The average Bonchev–Trinajstić information content (AvgIpc) is 2.48. The molecular formula is C17H25FN2O. The summed E-state index contributed by atoms with van der Waals surface area (Å²) in [6.45, 7) is 5.81. The van der Waals surface area contributed by atoms with Gasteiger partial charge in [0.15, 0.2) is 0 Å². The molecule has 1 aromatic rings. The molecule has 0 bridgehead atoms. The molecule has 1 heterocycles. The van der Waals surface area contributed by atoms with E-state index in [0.29, 0.717) is 0 Å². The van der Waals surface area contributed by atoms with Crippen molar-refractivity contribution in [2.45, 2.75) is 45.6 Å². The molecule has 1 unspecified atom stereocenters. The van der Waals surface area contributed by atoms with Crippen molar-refractivity contribution >= 4 is 5.91 Å². The lowest BCUT2D eigenvalue weighted by atomic mass is 9.74. The number of carbonyl (C=O) groups excluding carboxylic acids is 1. The molecule has 0 spiro atoms. The fraction of sp³-hybridized carbons (Fsp3) is 0.588. The molecule has 1 fully saturated rings. The number of piperidine rings is 1. The van der Waals surface area contributed by atoms with E-state index in [4.69, 9.17) is 0 Å². The van der Waals surface area contributed by atoms with Crippen LogP contribution < -0.4 is 10.6 Å². The molecule has 3 nitrogen and oxygen atoms in total. The molecule has 1 aromatic carbocycles. The summed E-state index contributed by atoms with van der Waals surface area (Å²) in [6.07, 6.45) is 3.67. The SMILES string of the molecule is CCCC1(C(=O)NC(C)c2cccc(F)c2)CCNCC1. The maximum atomic E-state index is 13.3. The van der Waals surface area contributed by atoms with Crippen LogP contribution >= 0.6 is 0 Å². The minimum absolute atomic E-state index is 0.114. The van der Waals surface area contributed by atoms with E-state index in [1.807, 2.05) is 13.0 Å². The fourth-order valence-corrected chi connectivity index (χ4v) is 3.18. The van der Waals surface area contributed by atoms with Gasteiger partial charge in [0.05, 0.1) is 11.5 Å². The van der Waals surface area contributed by atoms with Crippen LogP contribution in [0.3, 0.4) is 0 Å². The second kappa shape index (κ2) is 7.03. The highest BCUT2D eigenvalue weighted by Gasteiger charge is 2.38. The number of amides is 1. The minimum atomic E-state index is -0.265. The van der Waals surface area contributed by atoms with Gasteiger partial charge in [-0.25, -0.2) is 4.39 Å². The Kier molecular flexibility index (Phi) is 5.34. The molecule has 116 valence electrons. The lowest BCUT2D eigenvalue weighted by Crippen LogP contribution is -2.48. The van der Waals surface area contributed by atoms with Gasteiger partial charge in [-0.2, -0.15) is 0 Å². The largest absolute Gasteiger partial charge is 0.349 e. The van der Waals surface area contributed by atoms with Crippen LogP contribution in [0.2, 0.25) is 0 Å². The van der Waals surface area contributed by atoms with Crippen LogP contribution in [0.4, 0.5) is 4.39 Å². The Balaban J connectivity index is 2.07. The number of rotatable bonds is 5. The summed E-state index contributed by atoms with van der Waals surface area (Å²) >= 11 is 0. The Morgan fingerprint density at radius 2 is 2.14 bits per heavy atom. The molecule has 2 rings (SSSR count). The van der Waals surface area contributed by atoms with Crippen molar-refractivity contribution in [3.05, 3.63) is 35.6 Å². The van der Waals surface area contributed by atoms with E-state index < -0.39 is 0 Å². The van der Waals surface area contributed by atoms with E-state index in [1.165, 1.54) is 12.1 Å². The number of hydrogen-bond acceptors (Lipinski definition) is 2. The van der Waals surface area contributed by atoms with Gasteiger partial charge >= 0.3 is 0 Å². The van der Waals surface area contributed by atoms with Gasteiger partial charge in [0.2, 0.25) is 5.91 Å². The van der Waals surface area contributed by atoms with Crippen LogP contribution in [-0.2, 0) is 4.79 Å². The Labute approximate surface area is 126 Å². The molecule has 0 saturated carbocycles. The molecule has 1 saturated heterocycles. The second-order valence-electron chi connectivity index (χ2n) is 6.03. The van der Waals surface area contributed by atoms with Crippen molar-refractivity contribution in [2.75, 3.05) is 13.1 Å². The first-order valence-corrected chi connectivity index (χ1v) is 7.84. The molecule has 0 aromatic heterocycles. The predicted octanol–water partition coefficient (Wildman–Crippen LogP) is 3.17. The third-order valence-corrected chi connectivity index (χ3v) is 4.47. The summed E-state index contributed by atoms with van der Waals surface area (Å²) in [5.41, 5.74) is 0.547. The molecule has 4 heteroatoms. The normalized spacial score (nSPS) is 19.0. The summed E-state index contributed by atoms with van der Waals surface area (Å²) < 4.78 is 13.3. The first kappa shape index (κ1) is 16.0. The molecule has 1 aliphatic rings. The van der Waals surface area contributed by atoms with Gasteiger partial charge in [-0.1, -0.05) is 25.5 Å². The van der Waals surface area contributed by atoms with Crippen LogP contribution in [-0.4, -0.2) is 19.0 Å². The number of benzene rings is 1. The first-order valence-electron chi connectivity index (χ1n) is 7.84. The predicted molar refractivity (Wildman–Crippen MR) is 82.4 cm³/mol. The Morgan fingerprint density at radius 1 is 1.43 bits per heavy atom. The van der Waals surface area contributed by atoms with Crippen molar-refractivity contribution in [1.29, 1.82) is 0 Å². The third-order valence-electron chi connectivity index (χ3n) is 4.47. The van der Waals surface area contributed by atoms with E-state index in [-0.39, 0.29) is 23.2 Å². The molecular weight excluding hydrogens is 267 g/mol. The molecule has 1 aliphatic heterocycles. The van der Waals surface area contributed by atoms with Crippen LogP contribution in [0.25, 0.3) is 0 Å². The highest BCUT2D eigenvalue weighted by atomic mass is 19.1. The maximum Gasteiger partial charge on any atom is 0.226 e. The molecule has 1 atom stereocenters. The fourth-order valence-electron chi connectivity index (χ4n) is 3.18. The summed E-state index contributed by atoms with van der Waals surface area (Å²) in [5.74, 6) is -0.152. The van der Waals surface area contributed by atoms with Crippen molar-refractivity contribution in [3.8, 4) is 0 Å². The van der Waals surface area contributed by atoms with Crippen molar-refractivity contribution in [3.63, 3.8) is 0 Å². The van der Waals surface area contributed by atoms with E-state index in [9.17, 15) is 9.18 Å². The van der Waals surface area contributed by atoms with E-state index >= 15 is 0 Å². The Morgan fingerprint density at radius 3 is 2.76 bits per heavy atom. The van der Waals surface area contributed by atoms with Gasteiger partial charge in [-0.15, -0.1) is 0 Å². The number of carbonyl (C=O) groups is 1. The Hall–Kier alpha value is -1.42. The lowest BCUT2D eigenvalue weighted by Gasteiger charge is -2.37. The lowest BCUT2D eigenvalue weighted by molar-refractivity contribution is -0.133. The van der Waals surface area contributed by atoms with Gasteiger partial charge in [-0.3, -0.25) is 4.79 Å². The smallest absolute Gasteiger partial charge is 0.226 e. The van der Waals surface area contributed by atoms with Crippen LogP contribution in [0.15, 0.2) is 24.3 Å².